The van der Waals surface area contributed by atoms with Gasteiger partial charge in [0.05, 0.1) is 18.1 Å². The fraction of sp³-hybridized carbons (Fsp3) is 0.462. The molecule has 0 atom stereocenters. The Bertz CT molecular complexity index is 975. The topological polar surface area (TPSA) is 56.1 Å². The molecule has 1 fully saturated rings. The van der Waals surface area contributed by atoms with Crippen LogP contribution in [-0.2, 0) is 24.2 Å². The fourth-order valence-electron chi connectivity index (χ4n) is 5.08. The lowest BCUT2D eigenvalue weighted by atomic mass is 9.78. The number of carbonyl (C=O) groups is 1. The highest BCUT2D eigenvalue weighted by Crippen LogP contribution is 2.32. The van der Waals surface area contributed by atoms with Crippen LogP contribution in [0.4, 0.5) is 4.39 Å². The van der Waals surface area contributed by atoms with Crippen molar-refractivity contribution in [1.82, 2.24) is 10.2 Å². The Labute approximate surface area is 184 Å². The molecule has 0 unspecified atom stereocenters. The van der Waals surface area contributed by atoms with E-state index >= 15 is 0 Å². The standard InChI is InChI=1S/C26H30FN3O/c27-24-6-4-5-20(16-24)17-25(31)29-26(10-2-1-3-11-26)12-14-30-13-9-22-15-21(18-28)7-8-23(22)19-30/h4-8,15-16H,1-3,9-14,17,19H2,(H,29,31). The van der Waals surface area contributed by atoms with Crippen molar-refractivity contribution in [3.63, 3.8) is 0 Å². The molecule has 4 nitrogen and oxygen atoms in total. The summed E-state index contributed by atoms with van der Waals surface area (Å²) in [5.41, 5.74) is 3.87. The smallest absolute Gasteiger partial charge is 0.224 e. The van der Waals surface area contributed by atoms with Crippen molar-refractivity contribution in [3.05, 3.63) is 70.5 Å². The summed E-state index contributed by atoms with van der Waals surface area (Å²) in [6.45, 7) is 2.82. The van der Waals surface area contributed by atoms with E-state index in [4.69, 9.17) is 5.26 Å². The summed E-state index contributed by atoms with van der Waals surface area (Å²) in [6, 6.07) is 14.5. The second-order valence-electron chi connectivity index (χ2n) is 9.07. The number of hydrogen-bond donors (Lipinski definition) is 1. The molecule has 4 rings (SSSR count). The van der Waals surface area contributed by atoms with Gasteiger partial charge < -0.3 is 5.32 Å². The van der Waals surface area contributed by atoms with E-state index in [0.29, 0.717) is 5.56 Å². The third-order valence-corrected chi connectivity index (χ3v) is 6.80. The molecule has 1 N–H and O–H groups in total. The van der Waals surface area contributed by atoms with Gasteiger partial charge in [-0.25, -0.2) is 4.39 Å². The molecule has 1 aliphatic carbocycles. The predicted octanol–water partition coefficient (Wildman–Crippen LogP) is 4.51. The van der Waals surface area contributed by atoms with E-state index < -0.39 is 0 Å². The zero-order valence-corrected chi connectivity index (χ0v) is 18.0. The number of halogens is 1. The quantitative estimate of drug-likeness (QED) is 0.750. The van der Waals surface area contributed by atoms with E-state index in [0.717, 1.165) is 63.7 Å². The molecule has 2 aliphatic rings. The van der Waals surface area contributed by atoms with Crippen molar-refractivity contribution in [3.8, 4) is 6.07 Å². The highest BCUT2D eigenvalue weighted by molar-refractivity contribution is 5.79. The van der Waals surface area contributed by atoms with Gasteiger partial charge >= 0.3 is 0 Å². The molecule has 1 saturated carbocycles. The van der Waals surface area contributed by atoms with Crippen LogP contribution in [0.15, 0.2) is 42.5 Å². The first-order valence-electron chi connectivity index (χ1n) is 11.3. The zero-order chi connectivity index (χ0) is 21.7. The maximum atomic E-state index is 13.5. The Morgan fingerprint density at radius 3 is 2.74 bits per heavy atom. The highest BCUT2D eigenvalue weighted by Gasteiger charge is 2.34. The van der Waals surface area contributed by atoms with Gasteiger partial charge in [-0.1, -0.05) is 37.5 Å². The summed E-state index contributed by atoms with van der Waals surface area (Å²) in [5.74, 6) is -0.314. The number of nitrogens with zero attached hydrogens (tertiary/aromatic N) is 2. The molecule has 2 aromatic carbocycles. The summed E-state index contributed by atoms with van der Waals surface area (Å²) in [7, 11) is 0. The normalized spacial score (nSPS) is 18.1. The van der Waals surface area contributed by atoms with Crippen molar-refractivity contribution in [2.75, 3.05) is 13.1 Å². The minimum atomic E-state index is -0.301. The Hall–Kier alpha value is -2.71. The SMILES string of the molecule is N#Cc1ccc2c(c1)CCN(CCC1(NC(=O)Cc3cccc(F)c3)CCCCC1)C2. The molecular formula is C26H30FN3O. The number of hydrogen-bond acceptors (Lipinski definition) is 3. The maximum absolute atomic E-state index is 13.5. The molecule has 1 aliphatic heterocycles. The van der Waals surface area contributed by atoms with Gasteiger partial charge in [0.2, 0.25) is 5.91 Å². The highest BCUT2D eigenvalue weighted by atomic mass is 19.1. The third kappa shape index (κ3) is 5.51. The average Bonchev–Trinajstić information content (AvgIpc) is 2.78. The molecule has 1 amide bonds. The van der Waals surface area contributed by atoms with E-state index in [1.807, 2.05) is 12.1 Å². The van der Waals surface area contributed by atoms with Crippen LogP contribution in [0.5, 0.6) is 0 Å². The summed E-state index contributed by atoms with van der Waals surface area (Å²) >= 11 is 0. The minimum absolute atomic E-state index is 0.0134. The molecule has 0 radical (unpaired) electrons. The number of rotatable bonds is 6. The van der Waals surface area contributed by atoms with Crippen molar-refractivity contribution in [2.24, 2.45) is 0 Å². The zero-order valence-electron chi connectivity index (χ0n) is 18.0. The first-order chi connectivity index (χ1) is 15.0. The molecule has 5 heteroatoms. The number of carbonyl (C=O) groups excluding carboxylic acids is 1. The van der Waals surface area contributed by atoms with Gasteiger partial charge in [-0.3, -0.25) is 9.69 Å². The Kier molecular flexibility index (Phi) is 6.67. The van der Waals surface area contributed by atoms with E-state index in [-0.39, 0.29) is 23.7 Å². The molecule has 2 aromatic rings. The molecule has 162 valence electrons. The van der Waals surface area contributed by atoms with E-state index in [1.54, 1.807) is 12.1 Å². The van der Waals surface area contributed by atoms with Crippen LogP contribution >= 0.6 is 0 Å². The second kappa shape index (κ2) is 9.62. The number of nitrogens with one attached hydrogen (secondary N) is 1. The van der Waals surface area contributed by atoms with E-state index in [2.05, 4.69) is 22.4 Å². The van der Waals surface area contributed by atoms with Gasteiger partial charge in [-0.05, 0) is 66.6 Å². The maximum Gasteiger partial charge on any atom is 0.224 e. The van der Waals surface area contributed by atoms with Crippen LogP contribution in [-0.4, -0.2) is 29.4 Å². The van der Waals surface area contributed by atoms with Gasteiger partial charge in [0.1, 0.15) is 5.82 Å². The van der Waals surface area contributed by atoms with Crippen LogP contribution in [0.1, 0.15) is 60.8 Å². The van der Waals surface area contributed by atoms with E-state index in [1.165, 1.54) is 29.7 Å². The lowest BCUT2D eigenvalue weighted by Gasteiger charge is -2.40. The van der Waals surface area contributed by atoms with Gasteiger partial charge in [0.25, 0.3) is 0 Å². The number of nitriles is 1. The van der Waals surface area contributed by atoms with E-state index in [9.17, 15) is 9.18 Å². The number of amides is 1. The first-order valence-corrected chi connectivity index (χ1v) is 11.3. The fourth-order valence-corrected chi connectivity index (χ4v) is 5.08. The first kappa shape index (κ1) is 21.5. The van der Waals surface area contributed by atoms with Gasteiger partial charge in [-0.2, -0.15) is 5.26 Å². The summed E-state index contributed by atoms with van der Waals surface area (Å²) in [6.07, 6.45) is 7.64. The second-order valence-corrected chi connectivity index (χ2v) is 9.07. The Morgan fingerprint density at radius 1 is 1.13 bits per heavy atom. The van der Waals surface area contributed by atoms with Gasteiger partial charge in [-0.15, -0.1) is 0 Å². The Morgan fingerprint density at radius 2 is 1.97 bits per heavy atom. The predicted molar refractivity (Wildman–Crippen MR) is 119 cm³/mol. The number of fused-ring (bicyclic) bond motifs is 1. The van der Waals surface area contributed by atoms with Crippen LogP contribution < -0.4 is 5.32 Å². The molecule has 0 bridgehead atoms. The lowest BCUT2D eigenvalue weighted by Crippen LogP contribution is -2.52. The lowest BCUT2D eigenvalue weighted by molar-refractivity contribution is -0.123. The summed E-state index contributed by atoms with van der Waals surface area (Å²) < 4.78 is 13.5. The molecule has 0 saturated heterocycles. The van der Waals surface area contributed by atoms with Crippen molar-refractivity contribution in [2.45, 2.75) is 63.5 Å². The summed E-state index contributed by atoms with van der Waals surface area (Å²) in [5, 5.41) is 12.5. The molecular weight excluding hydrogens is 389 g/mol. The molecule has 31 heavy (non-hydrogen) atoms. The molecule has 1 heterocycles. The van der Waals surface area contributed by atoms with Crippen LogP contribution in [0.2, 0.25) is 0 Å². The van der Waals surface area contributed by atoms with Crippen molar-refractivity contribution < 1.29 is 9.18 Å². The van der Waals surface area contributed by atoms with Crippen LogP contribution in [0, 0.1) is 17.1 Å². The van der Waals surface area contributed by atoms with Crippen LogP contribution in [0.3, 0.4) is 0 Å². The van der Waals surface area contributed by atoms with Crippen molar-refractivity contribution in [1.29, 1.82) is 5.26 Å². The average molecular weight is 420 g/mol. The number of benzene rings is 2. The largest absolute Gasteiger partial charge is 0.350 e. The van der Waals surface area contributed by atoms with Crippen LogP contribution in [0.25, 0.3) is 0 Å². The summed E-state index contributed by atoms with van der Waals surface area (Å²) in [4.78, 5) is 15.3. The van der Waals surface area contributed by atoms with Gasteiger partial charge in [0.15, 0.2) is 0 Å². The minimum Gasteiger partial charge on any atom is -0.350 e. The molecule has 0 aromatic heterocycles. The Balaban J connectivity index is 1.37. The monoisotopic (exact) mass is 419 g/mol. The molecule has 0 spiro atoms. The van der Waals surface area contributed by atoms with Gasteiger partial charge in [0, 0.05) is 25.2 Å². The van der Waals surface area contributed by atoms with Crippen molar-refractivity contribution >= 4 is 5.91 Å². The third-order valence-electron chi connectivity index (χ3n) is 6.80.